The topological polar surface area (TPSA) is 88.6 Å². The summed E-state index contributed by atoms with van der Waals surface area (Å²) in [5.41, 5.74) is 2.29. The van der Waals surface area contributed by atoms with Gasteiger partial charge in [-0.25, -0.2) is 8.42 Å². The zero-order valence-corrected chi connectivity index (χ0v) is 16.8. The number of pyridine rings is 1. The minimum Gasteiger partial charge on any atom is -0.378 e. The first-order chi connectivity index (χ1) is 14.0. The number of nitrogens with one attached hydrogen (secondary N) is 1. The highest BCUT2D eigenvalue weighted by atomic mass is 35.5. The molecule has 0 unspecified atom stereocenters. The molecule has 0 radical (unpaired) electrons. The highest BCUT2D eigenvalue weighted by Crippen LogP contribution is 2.45. The minimum absolute atomic E-state index is 0.106. The number of amides is 1. The second-order valence-electron chi connectivity index (χ2n) is 6.90. The maximum Gasteiger partial charge on any atom is 0.262 e. The Labute approximate surface area is 172 Å². The van der Waals surface area contributed by atoms with Crippen molar-refractivity contribution in [1.29, 1.82) is 0 Å². The van der Waals surface area contributed by atoms with Crippen LogP contribution in [-0.2, 0) is 14.8 Å². The van der Waals surface area contributed by atoms with Gasteiger partial charge in [0.05, 0.1) is 34.3 Å². The molecule has 2 aliphatic heterocycles. The molecule has 148 valence electrons. The predicted octanol–water partition coefficient (Wildman–Crippen LogP) is 3.14. The smallest absolute Gasteiger partial charge is 0.262 e. The number of hydrogen-bond donors (Lipinski definition) is 1. The summed E-state index contributed by atoms with van der Waals surface area (Å²) < 4.78 is 33.6. The second kappa shape index (κ2) is 6.69. The summed E-state index contributed by atoms with van der Waals surface area (Å²) in [6.45, 7) is 2.00. The van der Waals surface area contributed by atoms with Crippen LogP contribution in [0.15, 0.2) is 47.5 Å². The van der Waals surface area contributed by atoms with Gasteiger partial charge < -0.3 is 9.64 Å². The number of sulfonamides is 1. The van der Waals surface area contributed by atoms with E-state index in [0.29, 0.717) is 64.6 Å². The van der Waals surface area contributed by atoms with Crippen LogP contribution in [-0.4, -0.2) is 50.5 Å². The van der Waals surface area contributed by atoms with Crippen LogP contribution in [0.5, 0.6) is 0 Å². The number of anilines is 1. The van der Waals surface area contributed by atoms with Crippen LogP contribution >= 0.6 is 11.6 Å². The Bertz CT molecular complexity index is 1270. The molecule has 0 aliphatic carbocycles. The molecule has 1 amide bonds. The van der Waals surface area contributed by atoms with Gasteiger partial charge in [-0.05, 0) is 36.4 Å². The Kier molecular flexibility index (Phi) is 4.23. The lowest BCUT2D eigenvalue weighted by molar-refractivity contribution is 0.0303. The molecular weight excluding hydrogens is 414 g/mol. The summed E-state index contributed by atoms with van der Waals surface area (Å²) in [6.07, 6.45) is 1.58. The van der Waals surface area contributed by atoms with Gasteiger partial charge in [0.1, 0.15) is 0 Å². The van der Waals surface area contributed by atoms with Gasteiger partial charge in [0.2, 0.25) is 0 Å². The molecule has 3 heterocycles. The number of benzene rings is 2. The monoisotopic (exact) mass is 429 g/mol. The average Bonchev–Trinajstić information content (AvgIpc) is 2.75. The van der Waals surface area contributed by atoms with Gasteiger partial charge in [0.15, 0.2) is 0 Å². The zero-order valence-electron chi connectivity index (χ0n) is 15.2. The lowest BCUT2D eigenvalue weighted by atomic mass is 9.98. The number of carbonyl (C=O) groups excluding carboxylic acids is 1. The van der Waals surface area contributed by atoms with Crippen molar-refractivity contribution in [2.45, 2.75) is 4.90 Å². The summed E-state index contributed by atoms with van der Waals surface area (Å²) in [5, 5.41) is 1.11. The molecule has 9 heteroatoms. The summed E-state index contributed by atoms with van der Waals surface area (Å²) in [4.78, 5) is 19.0. The third-order valence-electron chi connectivity index (χ3n) is 5.18. The van der Waals surface area contributed by atoms with Crippen LogP contribution in [0.4, 0.5) is 5.69 Å². The molecule has 2 aliphatic rings. The molecule has 7 nitrogen and oxygen atoms in total. The van der Waals surface area contributed by atoms with E-state index in [1.165, 1.54) is 6.07 Å². The first kappa shape index (κ1) is 18.4. The normalized spacial score (nSPS) is 17.3. The van der Waals surface area contributed by atoms with Gasteiger partial charge in [-0.2, -0.15) is 0 Å². The van der Waals surface area contributed by atoms with Crippen molar-refractivity contribution in [2.24, 2.45) is 0 Å². The molecule has 1 N–H and O–H groups in total. The largest absolute Gasteiger partial charge is 0.378 e. The average molecular weight is 430 g/mol. The van der Waals surface area contributed by atoms with Crippen LogP contribution in [0, 0.1) is 0 Å². The third-order valence-corrected chi connectivity index (χ3v) is 6.90. The van der Waals surface area contributed by atoms with Crippen LogP contribution in [0.3, 0.4) is 0 Å². The third kappa shape index (κ3) is 2.95. The quantitative estimate of drug-likeness (QED) is 0.642. The second-order valence-corrected chi connectivity index (χ2v) is 8.96. The maximum atomic E-state index is 12.9. The van der Waals surface area contributed by atoms with E-state index >= 15 is 0 Å². The number of rotatable bonds is 1. The summed E-state index contributed by atoms with van der Waals surface area (Å²) in [5.74, 6) is -0.154. The van der Waals surface area contributed by atoms with E-state index in [4.69, 9.17) is 16.3 Å². The van der Waals surface area contributed by atoms with Crippen molar-refractivity contribution in [1.82, 2.24) is 9.88 Å². The fourth-order valence-corrected chi connectivity index (χ4v) is 5.32. The van der Waals surface area contributed by atoms with Crippen molar-refractivity contribution in [3.8, 4) is 11.1 Å². The molecule has 1 saturated heterocycles. The molecule has 1 aromatic heterocycles. The fraction of sp³-hybridized carbons (Fsp3) is 0.200. The zero-order chi connectivity index (χ0) is 20.2. The maximum absolute atomic E-state index is 12.9. The molecule has 1 fully saturated rings. The molecule has 0 spiro atoms. The van der Waals surface area contributed by atoms with Gasteiger partial charge in [0, 0.05) is 41.4 Å². The number of nitrogens with zero attached hydrogens (tertiary/aromatic N) is 2. The molecule has 5 rings (SSSR count). The van der Waals surface area contributed by atoms with E-state index in [9.17, 15) is 13.2 Å². The number of ether oxygens (including phenoxy) is 1. The van der Waals surface area contributed by atoms with Crippen LogP contribution in [0.1, 0.15) is 10.4 Å². The van der Waals surface area contributed by atoms with E-state index in [1.807, 2.05) is 0 Å². The van der Waals surface area contributed by atoms with E-state index < -0.39 is 10.0 Å². The Morgan fingerprint density at radius 3 is 2.72 bits per heavy atom. The predicted molar refractivity (Wildman–Crippen MR) is 110 cm³/mol. The number of morpholine rings is 1. The first-order valence-electron chi connectivity index (χ1n) is 9.07. The van der Waals surface area contributed by atoms with Crippen molar-refractivity contribution in [3.05, 3.63) is 53.2 Å². The highest BCUT2D eigenvalue weighted by molar-refractivity contribution is 7.93. The standard InChI is InChI=1S/C20H16ClN3O4S/c21-16-11-15-14-10-12(20(25)24-6-8-28-9-7-24)3-4-17(14)29(26,27)23-19(15)18-13(16)2-1-5-22-18/h1-5,10-11,23H,6-9H2. The number of carbonyl (C=O) groups is 1. The van der Waals surface area contributed by atoms with E-state index in [-0.39, 0.29) is 10.8 Å². The summed E-state index contributed by atoms with van der Waals surface area (Å²) >= 11 is 6.45. The fourth-order valence-electron chi connectivity index (χ4n) is 3.76. The van der Waals surface area contributed by atoms with Gasteiger partial charge in [0.25, 0.3) is 15.9 Å². The highest BCUT2D eigenvalue weighted by Gasteiger charge is 2.31. The lowest BCUT2D eigenvalue weighted by Gasteiger charge is -2.28. The molecule has 0 saturated carbocycles. The van der Waals surface area contributed by atoms with Crippen LogP contribution in [0.2, 0.25) is 5.02 Å². The van der Waals surface area contributed by atoms with Crippen molar-refractivity contribution in [3.63, 3.8) is 0 Å². The number of hydrogen-bond acceptors (Lipinski definition) is 5. The van der Waals surface area contributed by atoms with Crippen LogP contribution < -0.4 is 4.72 Å². The summed E-state index contributed by atoms with van der Waals surface area (Å²) in [7, 11) is -3.81. The van der Waals surface area contributed by atoms with E-state index in [0.717, 1.165) is 0 Å². The molecule has 3 aromatic rings. The van der Waals surface area contributed by atoms with Crippen LogP contribution in [0.25, 0.3) is 22.0 Å². The summed E-state index contributed by atoms with van der Waals surface area (Å²) in [6, 6.07) is 9.87. The molecular formula is C20H16ClN3O4S. The number of aromatic nitrogens is 1. The molecule has 0 atom stereocenters. The number of fused-ring (bicyclic) bond motifs is 5. The Morgan fingerprint density at radius 2 is 1.93 bits per heavy atom. The molecule has 2 aromatic carbocycles. The van der Waals surface area contributed by atoms with Gasteiger partial charge in [-0.1, -0.05) is 11.6 Å². The van der Waals surface area contributed by atoms with Crippen molar-refractivity contribution >= 4 is 44.1 Å². The SMILES string of the molecule is O=C(c1ccc2c(c1)-c1cc(Cl)c3cccnc3c1NS2(=O)=O)N1CCOCC1. The number of halogens is 1. The minimum atomic E-state index is -3.81. The van der Waals surface area contributed by atoms with Gasteiger partial charge in [-0.3, -0.25) is 14.5 Å². The molecule has 29 heavy (non-hydrogen) atoms. The molecule has 0 bridgehead atoms. The van der Waals surface area contributed by atoms with E-state index in [1.54, 1.807) is 41.4 Å². The first-order valence-corrected chi connectivity index (χ1v) is 10.9. The Balaban J connectivity index is 1.71. The van der Waals surface area contributed by atoms with Crippen molar-refractivity contribution in [2.75, 3.05) is 31.0 Å². The van der Waals surface area contributed by atoms with Gasteiger partial charge >= 0.3 is 0 Å². The lowest BCUT2D eigenvalue weighted by Crippen LogP contribution is -2.40. The Hall–Kier alpha value is -2.68. The van der Waals surface area contributed by atoms with Gasteiger partial charge in [-0.15, -0.1) is 0 Å². The van der Waals surface area contributed by atoms with E-state index in [2.05, 4.69) is 9.71 Å². The van der Waals surface area contributed by atoms with Crippen molar-refractivity contribution < 1.29 is 17.9 Å². The Morgan fingerprint density at radius 1 is 1.14 bits per heavy atom.